The first-order valence-electron chi connectivity index (χ1n) is 6.13. The van der Waals surface area contributed by atoms with E-state index in [2.05, 4.69) is 6.92 Å². The van der Waals surface area contributed by atoms with E-state index < -0.39 is 5.30 Å². The highest BCUT2D eigenvalue weighted by molar-refractivity contribution is 8.13. The van der Waals surface area contributed by atoms with Crippen LogP contribution in [0.15, 0.2) is 0 Å². The molecule has 0 saturated carbocycles. The standard InChI is InChI=1S/C12H24O2S/c1-2-3-4-5-6-7-8-9-10-11-15-12(13)14/h2-11H2,1H3,(H,13,14). The predicted octanol–water partition coefficient (Wildman–Crippen LogP) is 4.93. The summed E-state index contributed by atoms with van der Waals surface area (Å²) in [4.78, 5) is 10.2. The van der Waals surface area contributed by atoms with Gasteiger partial charge < -0.3 is 5.11 Å². The number of unbranched alkanes of at least 4 members (excludes halogenated alkanes) is 8. The molecule has 0 saturated heterocycles. The summed E-state index contributed by atoms with van der Waals surface area (Å²) in [7, 11) is 0. The third-order valence-electron chi connectivity index (χ3n) is 2.47. The summed E-state index contributed by atoms with van der Waals surface area (Å²) in [5.74, 6) is 0.769. The first-order chi connectivity index (χ1) is 7.27. The summed E-state index contributed by atoms with van der Waals surface area (Å²) in [6.07, 6.45) is 11.6. The fourth-order valence-corrected chi connectivity index (χ4v) is 2.10. The molecule has 0 aromatic rings. The minimum absolute atomic E-state index is 0.741. The second-order valence-corrected chi connectivity index (χ2v) is 4.99. The van der Waals surface area contributed by atoms with E-state index in [4.69, 9.17) is 5.11 Å². The highest BCUT2D eigenvalue weighted by atomic mass is 32.2. The minimum Gasteiger partial charge on any atom is -0.473 e. The number of carbonyl (C=O) groups is 1. The predicted molar refractivity (Wildman–Crippen MR) is 67.7 cm³/mol. The lowest BCUT2D eigenvalue weighted by molar-refractivity contribution is 0.222. The van der Waals surface area contributed by atoms with Crippen LogP contribution in [0.1, 0.15) is 64.7 Å². The Morgan fingerprint density at radius 1 is 0.933 bits per heavy atom. The zero-order chi connectivity index (χ0) is 11.4. The van der Waals surface area contributed by atoms with E-state index in [1.54, 1.807) is 0 Å². The molecule has 3 heteroatoms. The molecule has 0 heterocycles. The fourth-order valence-electron chi connectivity index (χ4n) is 1.57. The van der Waals surface area contributed by atoms with Gasteiger partial charge >= 0.3 is 5.30 Å². The van der Waals surface area contributed by atoms with Gasteiger partial charge in [0.05, 0.1) is 0 Å². The van der Waals surface area contributed by atoms with Crippen LogP contribution in [0.2, 0.25) is 0 Å². The Kier molecular flexibility index (Phi) is 11.7. The van der Waals surface area contributed by atoms with Crippen molar-refractivity contribution in [3.05, 3.63) is 0 Å². The molecular formula is C12H24O2S. The first-order valence-corrected chi connectivity index (χ1v) is 7.11. The molecule has 2 nitrogen and oxygen atoms in total. The van der Waals surface area contributed by atoms with Crippen LogP contribution < -0.4 is 0 Å². The Morgan fingerprint density at radius 2 is 1.40 bits per heavy atom. The zero-order valence-electron chi connectivity index (χ0n) is 9.83. The van der Waals surface area contributed by atoms with E-state index in [0.29, 0.717) is 0 Å². The maximum absolute atomic E-state index is 10.2. The van der Waals surface area contributed by atoms with Crippen molar-refractivity contribution in [1.82, 2.24) is 0 Å². The van der Waals surface area contributed by atoms with Crippen molar-refractivity contribution in [3.8, 4) is 0 Å². The van der Waals surface area contributed by atoms with Gasteiger partial charge in [0.25, 0.3) is 0 Å². The molecule has 0 bridgehead atoms. The van der Waals surface area contributed by atoms with Gasteiger partial charge in [-0.2, -0.15) is 0 Å². The van der Waals surface area contributed by atoms with Gasteiger partial charge in [-0.1, -0.05) is 58.3 Å². The lowest BCUT2D eigenvalue weighted by Gasteiger charge is -2.00. The molecule has 0 aliphatic carbocycles. The highest BCUT2D eigenvalue weighted by Gasteiger charge is 1.96. The van der Waals surface area contributed by atoms with Crippen LogP contribution in [0.3, 0.4) is 0 Å². The van der Waals surface area contributed by atoms with Crippen molar-refractivity contribution in [2.45, 2.75) is 64.7 Å². The molecule has 0 aliphatic heterocycles. The van der Waals surface area contributed by atoms with E-state index in [0.717, 1.165) is 23.9 Å². The molecule has 0 atom stereocenters. The smallest absolute Gasteiger partial charge is 0.364 e. The Morgan fingerprint density at radius 3 is 1.87 bits per heavy atom. The van der Waals surface area contributed by atoms with Gasteiger partial charge in [-0.05, 0) is 18.2 Å². The molecule has 0 fully saturated rings. The van der Waals surface area contributed by atoms with Gasteiger partial charge in [0, 0.05) is 5.75 Å². The molecule has 0 spiro atoms. The molecule has 90 valence electrons. The lowest BCUT2D eigenvalue weighted by Crippen LogP contribution is -1.88. The first kappa shape index (κ1) is 14.8. The van der Waals surface area contributed by atoms with Gasteiger partial charge in [0.2, 0.25) is 0 Å². The minimum atomic E-state index is -0.741. The number of hydrogen-bond donors (Lipinski definition) is 1. The number of thioether (sulfide) groups is 1. The number of carboxylic acid groups (broad SMARTS) is 1. The Balaban J connectivity index is 2.89. The van der Waals surface area contributed by atoms with Crippen LogP contribution in [-0.2, 0) is 0 Å². The van der Waals surface area contributed by atoms with Crippen molar-refractivity contribution in [2.75, 3.05) is 5.75 Å². The van der Waals surface area contributed by atoms with Crippen molar-refractivity contribution < 1.29 is 9.90 Å². The van der Waals surface area contributed by atoms with E-state index in [9.17, 15) is 4.79 Å². The average Bonchev–Trinajstić information content (AvgIpc) is 2.20. The Bertz CT molecular complexity index is 149. The summed E-state index contributed by atoms with van der Waals surface area (Å²) in [6.45, 7) is 2.24. The average molecular weight is 232 g/mol. The third kappa shape index (κ3) is 13.8. The van der Waals surface area contributed by atoms with E-state index >= 15 is 0 Å². The summed E-state index contributed by atoms with van der Waals surface area (Å²) in [6, 6.07) is 0. The highest BCUT2D eigenvalue weighted by Crippen LogP contribution is 2.11. The molecule has 1 N–H and O–H groups in total. The van der Waals surface area contributed by atoms with Crippen LogP contribution in [0, 0.1) is 0 Å². The van der Waals surface area contributed by atoms with Crippen molar-refractivity contribution in [3.63, 3.8) is 0 Å². The van der Waals surface area contributed by atoms with Gasteiger partial charge in [-0.15, -0.1) is 0 Å². The maximum Gasteiger partial charge on any atom is 0.364 e. The second-order valence-electron chi connectivity index (χ2n) is 3.94. The maximum atomic E-state index is 10.2. The molecule has 0 aromatic heterocycles. The van der Waals surface area contributed by atoms with Gasteiger partial charge in [0.15, 0.2) is 0 Å². The van der Waals surface area contributed by atoms with Crippen LogP contribution in [0.5, 0.6) is 0 Å². The van der Waals surface area contributed by atoms with Crippen molar-refractivity contribution >= 4 is 17.1 Å². The van der Waals surface area contributed by atoms with E-state index in [-0.39, 0.29) is 0 Å². The lowest BCUT2D eigenvalue weighted by atomic mass is 10.1. The van der Waals surface area contributed by atoms with Crippen molar-refractivity contribution in [1.29, 1.82) is 0 Å². The number of rotatable bonds is 10. The molecule has 0 aliphatic rings. The summed E-state index contributed by atoms with van der Waals surface area (Å²) >= 11 is 1.02. The normalized spacial score (nSPS) is 10.5. The third-order valence-corrected chi connectivity index (χ3v) is 3.21. The topological polar surface area (TPSA) is 37.3 Å². The largest absolute Gasteiger partial charge is 0.473 e. The van der Waals surface area contributed by atoms with Gasteiger partial charge in [-0.25, -0.2) is 4.79 Å². The molecular weight excluding hydrogens is 208 g/mol. The Labute approximate surface area is 97.8 Å². The molecule has 0 rings (SSSR count). The van der Waals surface area contributed by atoms with Crippen LogP contribution in [0.25, 0.3) is 0 Å². The van der Waals surface area contributed by atoms with Crippen LogP contribution in [0.4, 0.5) is 4.79 Å². The van der Waals surface area contributed by atoms with Crippen LogP contribution >= 0.6 is 11.8 Å². The second kappa shape index (κ2) is 11.9. The molecule has 15 heavy (non-hydrogen) atoms. The zero-order valence-corrected chi connectivity index (χ0v) is 10.7. The molecule has 0 unspecified atom stereocenters. The van der Waals surface area contributed by atoms with Gasteiger partial charge in [0.1, 0.15) is 0 Å². The summed E-state index contributed by atoms with van der Waals surface area (Å²) in [5, 5.41) is 7.66. The monoisotopic (exact) mass is 232 g/mol. The van der Waals surface area contributed by atoms with E-state index in [1.807, 2.05) is 0 Å². The number of hydrogen-bond acceptors (Lipinski definition) is 2. The van der Waals surface area contributed by atoms with Crippen LogP contribution in [-0.4, -0.2) is 16.2 Å². The van der Waals surface area contributed by atoms with E-state index in [1.165, 1.54) is 51.4 Å². The van der Waals surface area contributed by atoms with Gasteiger partial charge in [-0.3, -0.25) is 0 Å². The Hall–Kier alpha value is -0.180. The molecule has 0 amide bonds. The fraction of sp³-hybridized carbons (Fsp3) is 0.917. The molecule has 0 aromatic carbocycles. The summed E-state index contributed by atoms with van der Waals surface area (Å²) in [5.41, 5.74) is 0. The van der Waals surface area contributed by atoms with Crippen molar-refractivity contribution in [2.24, 2.45) is 0 Å². The molecule has 0 radical (unpaired) electrons. The summed E-state index contributed by atoms with van der Waals surface area (Å²) < 4.78 is 0. The SMILES string of the molecule is CCCCCCCCCCCSC(=O)O. The quantitative estimate of drug-likeness (QED) is 0.543.